The number of nitrogens with zero attached hydrogens (tertiary/aromatic N) is 2. The summed E-state index contributed by atoms with van der Waals surface area (Å²) in [6, 6.07) is 0. The number of esters is 1. The smallest absolute Gasteiger partial charge is 0.328 e. The molecule has 0 aliphatic rings. The first-order valence-corrected chi connectivity index (χ1v) is 8.27. The number of carbonyl (C=O) groups excluding carboxylic acids is 3. The zero-order chi connectivity index (χ0) is 18.7. The van der Waals surface area contributed by atoms with E-state index >= 15 is 0 Å². The third-order valence-corrected chi connectivity index (χ3v) is 3.46. The van der Waals surface area contributed by atoms with E-state index in [0.29, 0.717) is 0 Å². The number of aromatic nitrogens is 2. The quantitative estimate of drug-likeness (QED) is 0.361. The van der Waals surface area contributed by atoms with Crippen molar-refractivity contribution in [2.24, 2.45) is 5.41 Å². The lowest BCUT2D eigenvalue weighted by atomic mass is 9.96. The minimum Gasteiger partial charge on any atom is -0.459 e. The highest BCUT2D eigenvalue weighted by Gasteiger charge is 2.30. The molecule has 1 unspecified atom stereocenters. The molecule has 8 heteroatoms. The normalized spacial score (nSPS) is 13.1. The van der Waals surface area contributed by atoms with Crippen LogP contribution in [0.2, 0.25) is 0 Å². The first kappa shape index (κ1) is 20.2. The molecule has 0 spiro atoms. The maximum Gasteiger partial charge on any atom is 0.328 e. The Labute approximate surface area is 149 Å². The highest BCUT2D eigenvalue weighted by Crippen LogP contribution is 2.17. The molecule has 0 saturated carbocycles. The zero-order valence-corrected chi connectivity index (χ0v) is 16.2. The molecule has 0 saturated heterocycles. The Morgan fingerprint density at radius 2 is 1.67 bits per heavy atom. The number of carbonyl (C=O) groups is 3. The molecule has 1 rings (SSSR count). The molecule has 0 bridgehead atoms. The minimum atomic E-state index is -1.17. The van der Waals surface area contributed by atoms with Crippen molar-refractivity contribution in [3.8, 4) is 0 Å². The van der Waals surface area contributed by atoms with Crippen LogP contribution in [-0.2, 0) is 14.3 Å². The molecule has 24 heavy (non-hydrogen) atoms. The van der Waals surface area contributed by atoms with Gasteiger partial charge in [-0.25, -0.2) is 9.97 Å². The lowest BCUT2D eigenvalue weighted by molar-refractivity contribution is -0.152. The molecule has 1 aromatic heterocycles. The van der Waals surface area contributed by atoms with Gasteiger partial charge in [0.1, 0.15) is 11.3 Å². The molecular weight excluding hydrogens is 378 g/mol. The summed E-state index contributed by atoms with van der Waals surface area (Å²) in [6.45, 7) is 10.4. The molecule has 1 amide bonds. The Morgan fingerprint density at radius 3 is 2.08 bits per heavy atom. The third kappa shape index (κ3) is 5.99. The Kier molecular flexibility index (Phi) is 6.21. The van der Waals surface area contributed by atoms with E-state index in [4.69, 9.17) is 4.74 Å². The van der Waals surface area contributed by atoms with Gasteiger partial charge in [-0.05, 0) is 20.8 Å². The van der Waals surface area contributed by atoms with Crippen molar-refractivity contribution in [3.05, 3.63) is 18.1 Å². The van der Waals surface area contributed by atoms with Crippen molar-refractivity contribution < 1.29 is 19.1 Å². The third-order valence-electron chi connectivity index (χ3n) is 2.67. The second-order valence-corrected chi connectivity index (χ2v) is 8.17. The van der Waals surface area contributed by atoms with E-state index < -0.39 is 27.6 Å². The number of anilines is 1. The van der Waals surface area contributed by atoms with E-state index in [9.17, 15) is 14.4 Å². The zero-order valence-electron chi connectivity index (χ0n) is 14.6. The Hall–Kier alpha value is -1.83. The van der Waals surface area contributed by atoms with Gasteiger partial charge in [-0.3, -0.25) is 14.4 Å². The molecule has 0 aliphatic carbocycles. The number of hydrogen-bond donors (Lipinski definition) is 1. The van der Waals surface area contributed by atoms with E-state index in [1.54, 1.807) is 41.5 Å². The topological polar surface area (TPSA) is 98.3 Å². The second kappa shape index (κ2) is 7.38. The molecule has 1 N–H and O–H groups in total. The lowest BCUT2D eigenvalue weighted by Gasteiger charge is -2.21. The van der Waals surface area contributed by atoms with Gasteiger partial charge in [0, 0.05) is 5.41 Å². The van der Waals surface area contributed by atoms with Gasteiger partial charge in [-0.2, -0.15) is 0 Å². The van der Waals surface area contributed by atoms with Gasteiger partial charge >= 0.3 is 5.97 Å². The summed E-state index contributed by atoms with van der Waals surface area (Å²) in [5.41, 5.74) is -1.28. The molecule has 1 heterocycles. The number of ketones is 1. The average molecular weight is 400 g/mol. The predicted molar refractivity (Wildman–Crippen MR) is 93.0 cm³/mol. The van der Waals surface area contributed by atoms with Gasteiger partial charge in [-0.15, -0.1) is 0 Å². The molecule has 0 radical (unpaired) electrons. The fourth-order valence-corrected chi connectivity index (χ4v) is 1.74. The van der Waals surface area contributed by atoms with Crippen LogP contribution in [-0.4, -0.2) is 38.1 Å². The average Bonchev–Trinajstić information content (AvgIpc) is 2.43. The number of amides is 1. The van der Waals surface area contributed by atoms with Crippen LogP contribution in [0.1, 0.15) is 52.0 Å². The summed E-state index contributed by atoms with van der Waals surface area (Å²) in [5.74, 6) is -1.25. The van der Waals surface area contributed by atoms with Crippen molar-refractivity contribution in [1.29, 1.82) is 0 Å². The fraction of sp³-hybridized carbons (Fsp3) is 0.562. The number of alkyl halides is 1. The van der Waals surface area contributed by atoms with Crippen molar-refractivity contribution in [2.75, 3.05) is 5.32 Å². The molecule has 1 atom stereocenters. The predicted octanol–water partition coefficient (Wildman–Crippen LogP) is 2.75. The van der Waals surface area contributed by atoms with E-state index in [2.05, 4.69) is 31.2 Å². The van der Waals surface area contributed by atoms with Gasteiger partial charge in [0.15, 0.2) is 10.6 Å². The number of nitrogens with one attached hydrogen (secondary N) is 1. The number of Topliss-reactive ketones (excluding diaryl/α,β-unsaturated/α-hetero) is 1. The van der Waals surface area contributed by atoms with Gasteiger partial charge in [-0.1, -0.05) is 36.7 Å². The summed E-state index contributed by atoms with van der Waals surface area (Å²) >= 11 is 3.02. The highest BCUT2D eigenvalue weighted by atomic mass is 79.9. The van der Waals surface area contributed by atoms with Crippen molar-refractivity contribution >= 4 is 39.4 Å². The van der Waals surface area contributed by atoms with Crippen LogP contribution in [0.25, 0.3) is 0 Å². The first-order valence-electron chi connectivity index (χ1n) is 7.36. The monoisotopic (exact) mass is 399 g/mol. The number of halogens is 1. The van der Waals surface area contributed by atoms with Crippen LogP contribution >= 0.6 is 15.9 Å². The van der Waals surface area contributed by atoms with Crippen molar-refractivity contribution in [3.63, 3.8) is 0 Å². The SMILES string of the molecule is CC(C)(C)OC(=O)C(Br)C(=O)c1cnc(NC(=O)C(C)(C)C)cn1. The molecule has 132 valence electrons. The van der Waals surface area contributed by atoms with Crippen molar-refractivity contribution in [2.45, 2.75) is 52.0 Å². The van der Waals surface area contributed by atoms with Crippen LogP contribution in [0.3, 0.4) is 0 Å². The molecule has 7 nitrogen and oxygen atoms in total. The van der Waals surface area contributed by atoms with E-state index in [-0.39, 0.29) is 17.4 Å². The summed E-state index contributed by atoms with van der Waals surface area (Å²) in [7, 11) is 0. The van der Waals surface area contributed by atoms with E-state index in [1.807, 2.05) is 0 Å². The van der Waals surface area contributed by atoms with Crippen LogP contribution in [0.15, 0.2) is 12.4 Å². The summed E-state index contributed by atoms with van der Waals surface area (Å²) in [4.78, 5) is 42.8. The minimum absolute atomic E-state index is 0.00325. The maximum absolute atomic E-state index is 12.2. The van der Waals surface area contributed by atoms with E-state index in [0.717, 1.165) is 0 Å². The van der Waals surface area contributed by atoms with Gasteiger partial charge < -0.3 is 10.1 Å². The van der Waals surface area contributed by atoms with Gasteiger partial charge in [0.25, 0.3) is 0 Å². The van der Waals surface area contributed by atoms with Crippen LogP contribution in [0.4, 0.5) is 5.82 Å². The number of ether oxygens (including phenoxy) is 1. The summed E-state index contributed by atoms with van der Waals surface area (Å²) < 4.78 is 5.14. The Balaban J connectivity index is 2.80. The lowest BCUT2D eigenvalue weighted by Crippen LogP contribution is -2.33. The first-order chi connectivity index (χ1) is 10.8. The molecule has 0 aliphatic heterocycles. The molecule has 0 aromatic carbocycles. The van der Waals surface area contributed by atoms with Crippen LogP contribution in [0.5, 0.6) is 0 Å². The van der Waals surface area contributed by atoms with Crippen LogP contribution < -0.4 is 5.32 Å². The molecule has 1 aromatic rings. The van der Waals surface area contributed by atoms with Crippen LogP contribution in [0, 0.1) is 5.41 Å². The Morgan fingerprint density at radius 1 is 1.08 bits per heavy atom. The fourth-order valence-electron chi connectivity index (χ4n) is 1.41. The number of hydrogen-bond acceptors (Lipinski definition) is 6. The van der Waals surface area contributed by atoms with Crippen molar-refractivity contribution in [1.82, 2.24) is 9.97 Å². The van der Waals surface area contributed by atoms with Gasteiger partial charge in [0.2, 0.25) is 11.7 Å². The Bertz CT molecular complexity index is 630. The van der Waals surface area contributed by atoms with E-state index in [1.165, 1.54) is 12.4 Å². The molecule has 0 fully saturated rings. The second-order valence-electron chi connectivity index (χ2n) is 7.25. The largest absolute Gasteiger partial charge is 0.459 e. The standard InChI is InChI=1S/C16H22BrN3O4/c1-15(2,3)14(23)20-10-8-18-9(7-19-10)12(21)11(17)13(22)24-16(4,5)6/h7-8,11H,1-6H3,(H,19,20,23). The highest BCUT2D eigenvalue weighted by molar-refractivity contribution is 9.10. The summed E-state index contributed by atoms with van der Waals surface area (Å²) in [5, 5.41) is 2.60. The summed E-state index contributed by atoms with van der Waals surface area (Å²) in [6.07, 6.45) is 2.48. The number of rotatable bonds is 4. The van der Waals surface area contributed by atoms with Gasteiger partial charge in [0.05, 0.1) is 12.4 Å². The maximum atomic E-state index is 12.2. The molecular formula is C16H22BrN3O4.